The third-order valence-corrected chi connectivity index (χ3v) is 6.32. The van der Waals surface area contributed by atoms with Crippen LogP contribution in [0, 0.1) is 12.8 Å². The number of benzene rings is 1. The minimum absolute atomic E-state index is 0.220. The molecule has 0 radical (unpaired) electrons. The van der Waals surface area contributed by atoms with E-state index in [0.29, 0.717) is 11.7 Å². The number of aromatic nitrogens is 3. The fourth-order valence-electron chi connectivity index (χ4n) is 3.37. The molecule has 2 amide bonds. The topological polar surface area (TPSA) is 88.9 Å². The molecule has 8 heteroatoms. The summed E-state index contributed by atoms with van der Waals surface area (Å²) >= 11 is 1.43. The van der Waals surface area contributed by atoms with Crippen molar-refractivity contribution in [1.82, 2.24) is 19.9 Å². The van der Waals surface area contributed by atoms with Crippen LogP contribution in [-0.2, 0) is 13.0 Å². The Morgan fingerprint density at radius 3 is 2.70 bits per heavy atom. The average Bonchev–Trinajstić information content (AvgIpc) is 3.39. The van der Waals surface area contributed by atoms with Gasteiger partial charge in [-0.15, -0.1) is 0 Å². The Balaban J connectivity index is 1.34. The summed E-state index contributed by atoms with van der Waals surface area (Å²) in [5.74, 6) is 0.460. The molecule has 30 heavy (non-hydrogen) atoms. The molecular formula is C22H25N5O2S. The van der Waals surface area contributed by atoms with Crippen molar-refractivity contribution >= 4 is 28.3 Å². The van der Waals surface area contributed by atoms with E-state index in [1.165, 1.54) is 11.3 Å². The predicted molar refractivity (Wildman–Crippen MR) is 118 cm³/mol. The number of aryl methyl sites for hydroxylation is 2. The van der Waals surface area contributed by atoms with Crippen LogP contribution in [0.25, 0.3) is 10.4 Å². The standard InChI is InChI=1S/C22H25N5O2S/c1-3-27-13-23-12-18(27)10-11-24-21(29)26-22-25-14(2)20(30-22)17-8-6-16(7-9-17)19(28)15-4-5-15/h6-9,12-13,15H,3-5,10-11H2,1-2H3,(H2,24,25,26,29). The van der Waals surface area contributed by atoms with Gasteiger partial charge in [0.05, 0.1) is 16.9 Å². The number of nitrogens with one attached hydrogen (secondary N) is 2. The number of ketones is 1. The molecule has 156 valence electrons. The van der Waals surface area contributed by atoms with Crippen molar-refractivity contribution in [3.05, 3.63) is 53.7 Å². The number of Topliss-reactive ketones (excluding diaryl/α,β-unsaturated/α-hetero) is 1. The Morgan fingerprint density at radius 2 is 2.00 bits per heavy atom. The molecule has 1 aromatic carbocycles. The zero-order valence-corrected chi connectivity index (χ0v) is 18.0. The number of anilines is 1. The quantitative estimate of drug-likeness (QED) is 0.529. The van der Waals surface area contributed by atoms with Gasteiger partial charge in [0, 0.05) is 42.9 Å². The molecule has 2 aromatic heterocycles. The lowest BCUT2D eigenvalue weighted by Crippen LogP contribution is -2.30. The van der Waals surface area contributed by atoms with E-state index in [1.54, 1.807) is 6.33 Å². The Labute approximate surface area is 179 Å². The lowest BCUT2D eigenvalue weighted by Gasteiger charge is -2.07. The summed E-state index contributed by atoms with van der Waals surface area (Å²) < 4.78 is 2.06. The first-order valence-corrected chi connectivity index (χ1v) is 11.0. The highest BCUT2D eigenvalue weighted by Crippen LogP contribution is 2.35. The highest BCUT2D eigenvalue weighted by Gasteiger charge is 2.30. The summed E-state index contributed by atoms with van der Waals surface area (Å²) in [6, 6.07) is 7.41. The van der Waals surface area contributed by atoms with Crippen molar-refractivity contribution in [1.29, 1.82) is 0 Å². The van der Waals surface area contributed by atoms with E-state index in [0.717, 1.165) is 53.2 Å². The summed E-state index contributed by atoms with van der Waals surface area (Å²) in [4.78, 5) is 34.0. The SMILES string of the molecule is CCn1cncc1CCNC(=O)Nc1nc(C)c(-c2ccc(C(=O)C3CC3)cc2)s1. The molecule has 0 saturated heterocycles. The Hall–Kier alpha value is -3.00. The first-order valence-electron chi connectivity index (χ1n) is 10.2. The molecule has 0 spiro atoms. The van der Waals surface area contributed by atoms with E-state index >= 15 is 0 Å². The normalized spacial score (nSPS) is 13.3. The van der Waals surface area contributed by atoms with Crippen LogP contribution in [0.1, 0.15) is 41.5 Å². The van der Waals surface area contributed by atoms with Gasteiger partial charge in [-0.1, -0.05) is 35.6 Å². The number of rotatable bonds is 8. The molecule has 0 unspecified atom stereocenters. The Bertz CT molecular complexity index is 1050. The number of hydrogen-bond acceptors (Lipinski definition) is 5. The summed E-state index contributed by atoms with van der Waals surface area (Å²) in [7, 11) is 0. The van der Waals surface area contributed by atoms with Gasteiger partial charge in [-0.25, -0.2) is 14.8 Å². The van der Waals surface area contributed by atoms with Gasteiger partial charge in [-0.3, -0.25) is 10.1 Å². The van der Waals surface area contributed by atoms with Crippen LogP contribution in [0.3, 0.4) is 0 Å². The van der Waals surface area contributed by atoms with Crippen LogP contribution in [0.5, 0.6) is 0 Å². The number of hydrogen-bond donors (Lipinski definition) is 2. The maximum atomic E-state index is 12.2. The number of nitrogens with zero attached hydrogens (tertiary/aromatic N) is 3. The molecule has 1 saturated carbocycles. The highest BCUT2D eigenvalue weighted by molar-refractivity contribution is 7.19. The second kappa shape index (κ2) is 8.79. The lowest BCUT2D eigenvalue weighted by atomic mass is 10.0. The molecule has 0 bridgehead atoms. The van der Waals surface area contributed by atoms with E-state index in [4.69, 9.17) is 0 Å². The van der Waals surface area contributed by atoms with Gasteiger partial charge in [-0.05, 0) is 32.3 Å². The fourth-order valence-corrected chi connectivity index (χ4v) is 4.34. The highest BCUT2D eigenvalue weighted by atomic mass is 32.1. The molecule has 0 atom stereocenters. The minimum atomic E-state index is -0.275. The number of amides is 2. The van der Waals surface area contributed by atoms with Crippen LogP contribution in [0.15, 0.2) is 36.8 Å². The van der Waals surface area contributed by atoms with Gasteiger partial charge in [0.1, 0.15) is 0 Å². The molecule has 1 aliphatic carbocycles. The van der Waals surface area contributed by atoms with Crippen molar-refractivity contribution in [2.24, 2.45) is 5.92 Å². The van der Waals surface area contributed by atoms with Gasteiger partial charge in [0.15, 0.2) is 10.9 Å². The smallest absolute Gasteiger partial charge is 0.321 e. The van der Waals surface area contributed by atoms with Gasteiger partial charge in [0.25, 0.3) is 0 Å². The maximum Gasteiger partial charge on any atom is 0.321 e. The molecule has 7 nitrogen and oxygen atoms in total. The van der Waals surface area contributed by atoms with E-state index in [-0.39, 0.29) is 17.7 Å². The van der Waals surface area contributed by atoms with Crippen LogP contribution in [0.4, 0.5) is 9.93 Å². The Kier molecular flexibility index (Phi) is 5.94. The molecule has 2 heterocycles. The largest absolute Gasteiger partial charge is 0.337 e. The molecule has 3 aromatic rings. The van der Waals surface area contributed by atoms with E-state index in [2.05, 4.69) is 32.1 Å². The third kappa shape index (κ3) is 4.59. The first-order chi connectivity index (χ1) is 14.5. The Morgan fingerprint density at radius 1 is 1.23 bits per heavy atom. The minimum Gasteiger partial charge on any atom is -0.337 e. The summed E-state index contributed by atoms with van der Waals surface area (Å²) in [6.07, 6.45) is 6.35. The average molecular weight is 424 g/mol. The number of urea groups is 1. The van der Waals surface area contributed by atoms with E-state index in [9.17, 15) is 9.59 Å². The monoisotopic (exact) mass is 423 g/mol. The molecule has 4 rings (SSSR count). The molecule has 1 fully saturated rings. The maximum absolute atomic E-state index is 12.2. The number of carbonyl (C=O) groups is 2. The lowest BCUT2D eigenvalue weighted by molar-refractivity contribution is 0.0967. The zero-order chi connectivity index (χ0) is 21.1. The van der Waals surface area contributed by atoms with Gasteiger partial charge in [-0.2, -0.15) is 0 Å². The molecular weight excluding hydrogens is 398 g/mol. The summed E-state index contributed by atoms with van der Waals surface area (Å²) in [5.41, 5.74) is 3.71. The van der Waals surface area contributed by atoms with Crippen molar-refractivity contribution in [2.45, 2.75) is 39.7 Å². The fraction of sp³-hybridized carbons (Fsp3) is 0.364. The van der Waals surface area contributed by atoms with E-state index in [1.807, 2.05) is 37.4 Å². The van der Waals surface area contributed by atoms with Gasteiger partial charge in [0.2, 0.25) is 0 Å². The molecule has 2 N–H and O–H groups in total. The molecule has 1 aliphatic rings. The molecule has 0 aliphatic heterocycles. The van der Waals surface area contributed by atoms with Crippen LogP contribution < -0.4 is 10.6 Å². The van der Waals surface area contributed by atoms with Crippen LogP contribution >= 0.6 is 11.3 Å². The second-order valence-corrected chi connectivity index (χ2v) is 8.45. The van der Waals surface area contributed by atoms with Crippen molar-refractivity contribution in [3.8, 4) is 10.4 Å². The second-order valence-electron chi connectivity index (χ2n) is 7.45. The predicted octanol–water partition coefficient (Wildman–Crippen LogP) is 4.29. The van der Waals surface area contributed by atoms with E-state index < -0.39 is 0 Å². The number of imidazole rings is 1. The van der Waals surface area contributed by atoms with Crippen molar-refractivity contribution in [2.75, 3.05) is 11.9 Å². The van der Waals surface area contributed by atoms with Gasteiger partial charge < -0.3 is 9.88 Å². The van der Waals surface area contributed by atoms with Crippen molar-refractivity contribution in [3.63, 3.8) is 0 Å². The third-order valence-electron chi connectivity index (χ3n) is 5.20. The van der Waals surface area contributed by atoms with Crippen LogP contribution in [0.2, 0.25) is 0 Å². The zero-order valence-electron chi connectivity index (χ0n) is 17.1. The summed E-state index contributed by atoms with van der Waals surface area (Å²) in [6.45, 7) is 5.36. The first kappa shape index (κ1) is 20.3. The van der Waals surface area contributed by atoms with Crippen LogP contribution in [-0.4, -0.2) is 32.9 Å². The number of thiazole rings is 1. The summed E-state index contributed by atoms with van der Waals surface area (Å²) in [5, 5.41) is 6.23. The number of carbonyl (C=O) groups excluding carboxylic acids is 2. The van der Waals surface area contributed by atoms with Gasteiger partial charge >= 0.3 is 6.03 Å². The van der Waals surface area contributed by atoms with Crippen molar-refractivity contribution < 1.29 is 9.59 Å².